The molecule has 4 nitrogen and oxygen atoms in total. The molecule has 0 aromatic heterocycles. The third kappa shape index (κ3) is 6.15. The number of benzene rings is 1. The van der Waals surface area contributed by atoms with Crippen molar-refractivity contribution in [2.24, 2.45) is 5.92 Å². The van der Waals surface area contributed by atoms with Crippen LogP contribution < -0.4 is 10.6 Å². The third-order valence-electron chi connectivity index (χ3n) is 5.43. The van der Waals surface area contributed by atoms with E-state index < -0.39 is 0 Å². The van der Waals surface area contributed by atoms with Gasteiger partial charge in [-0.15, -0.1) is 0 Å². The molecule has 1 fully saturated rings. The van der Waals surface area contributed by atoms with Crippen LogP contribution in [-0.2, 0) is 11.2 Å². The fourth-order valence-electron chi connectivity index (χ4n) is 3.58. The van der Waals surface area contributed by atoms with Crippen molar-refractivity contribution >= 4 is 11.8 Å². The van der Waals surface area contributed by atoms with Crippen molar-refractivity contribution in [2.75, 3.05) is 0 Å². The smallest absolute Gasteiger partial charge is 0.251 e. The summed E-state index contributed by atoms with van der Waals surface area (Å²) in [5.41, 5.74) is 1.94. The van der Waals surface area contributed by atoms with Crippen LogP contribution in [0.2, 0.25) is 0 Å². The molecule has 144 valence electrons. The molecule has 1 aliphatic rings. The van der Waals surface area contributed by atoms with Crippen LogP contribution in [0.25, 0.3) is 0 Å². The van der Waals surface area contributed by atoms with Gasteiger partial charge in [0.15, 0.2) is 0 Å². The minimum Gasteiger partial charge on any atom is -0.353 e. The molecule has 3 unspecified atom stereocenters. The largest absolute Gasteiger partial charge is 0.353 e. The van der Waals surface area contributed by atoms with Crippen LogP contribution in [0.1, 0.15) is 81.6 Å². The molecule has 3 atom stereocenters. The second kappa shape index (κ2) is 10.3. The summed E-state index contributed by atoms with van der Waals surface area (Å²) in [4.78, 5) is 24.7. The molecule has 2 N–H and O–H groups in total. The molecule has 0 heterocycles. The van der Waals surface area contributed by atoms with Crippen molar-refractivity contribution in [1.82, 2.24) is 10.6 Å². The van der Waals surface area contributed by atoms with Crippen molar-refractivity contribution in [3.8, 4) is 0 Å². The van der Waals surface area contributed by atoms with Gasteiger partial charge in [-0.2, -0.15) is 0 Å². The first-order valence-corrected chi connectivity index (χ1v) is 10.2. The van der Waals surface area contributed by atoms with E-state index in [0.29, 0.717) is 5.56 Å². The Kier molecular flexibility index (Phi) is 8.14. The highest BCUT2D eigenvalue weighted by Crippen LogP contribution is 2.21. The lowest BCUT2D eigenvalue weighted by atomic mass is 10.0. The molecule has 4 heteroatoms. The average Bonchev–Trinajstić information content (AvgIpc) is 3.08. The predicted octanol–water partition coefficient (Wildman–Crippen LogP) is 4.23. The van der Waals surface area contributed by atoms with Gasteiger partial charge in [-0.3, -0.25) is 9.59 Å². The fourth-order valence-corrected chi connectivity index (χ4v) is 3.58. The zero-order chi connectivity index (χ0) is 18.9. The monoisotopic (exact) mass is 358 g/mol. The number of rotatable bonds is 9. The number of nitrogens with one attached hydrogen (secondary N) is 2. The van der Waals surface area contributed by atoms with E-state index in [2.05, 4.69) is 24.5 Å². The van der Waals surface area contributed by atoms with Gasteiger partial charge in [0.1, 0.15) is 0 Å². The Morgan fingerprint density at radius 2 is 1.69 bits per heavy atom. The molecule has 26 heavy (non-hydrogen) atoms. The maximum Gasteiger partial charge on any atom is 0.251 e. The quantitative estimate of drug-likeness (QED) is 0.649. The number of carbonyl (C=O) groups excluding carboxylic acids is 2. The van der Waals surface area contributed by atoms with Gasteiger partial charge >= 0.3 is 0 Å². The van der Waals surface area contributed by atoms with E-state index in [1.807, 2.05) is 31.2 Å². The molecular weight excluding hydrogens is 324 g/mol. The minimum absolute atomic E-state index is 0.0161. The first-order valence-electron chi connectivity index (χ1n) is 10.2. The van der Waals surface area contributed by atoms with Gasteiger partial charge in [0.25, 0.3) is 5.91 Å². The summed E-state index contributed by atoms with van der Waals surface area (Å²) in [6.07, 6.45) is 8.11. The van der Waals surface area contributed by atoms with Gasteiger partial charge in [-0.25, -0.2) is 0 Å². The van der Waals surface area contributed by atoms with Gasteiger partial charge in [-0.05, 0) is 49.8 Å². The van der Waals surface area contributed by atoms with E-state index in [0.717, 1.165) is 38.5 Å². The Morgan fingerprint density at radius 1 is 1.04 bits per heavy atom. The van der Waals surface area contributed by atoms with E-state index in [4.69, 9.17) is 0 Å². The minimum atomic E-state index is -0.0161. The van der Waals surface area contributed by atoms with Gasteiger partial charge in [0.05, 0.1) is 0 Å². The highest BCUT2D eigenvalue weighted by atomic mass is 16.2. The van der Waals surface area contributed by atoms with Crippen LogP contribution in [0.4, 0.5) is 0 Å². The summed E-state index contributed by atoms with van der Waals surface area (Å²) >= 11 is 0. The van der Waals surface area contributed by atoms with Gasteiger partial charge < -0.3 is 10.6 Å². The molecule has 0 bridgehead atoms. The lowest BCUT2D eigenvalue weighted by Gasteiger charge is -2.17. The summed E-state index contributed by atoms with van der Waals surface area (Å²) in [5.74, 6) is 0.220. The van der Waals surface area contributed by atoms with E-state index in [1.165, 1.54) is 18.4 Å². The van der Waals surface area contributed by atoms with Gasteiger partial charge in [0.2, 0.25) is 5.91 Å². The molecule has 0 saturated heterocycles. The number of aryl methyl sites for hydroxylation is 1. The Balaban J connectivity index is 1.75. The molecule has 2 rings (SSSR count). The van der Waals surface area contributed by atoms with E-state index in [1.54, 1.807) is 0 Å². The van der Waals surface area contributed by atoms with Crippen LogP contribution in [0, 0.1) is 5.92 Å². The summed E-state index contributed by atoms with van der Waals surface area (Å²) in [6, 6.07) is 8.12. The lowest BCUT2D eigenvalue weighted by molar-refractivity contribution is -0.125. The number of hydrogen-bond acceptors (Lipinski definition) is 2. The van der Waals surface area contributed by atoms with Crippen molar-refractivity contribution in [3.05, 3.63) is 35.4 Å². The standard InChI is InChI=1S/C22H34N2O2/c1-4-6-7-8-16(3)21(25)23-19-13-14-20(15-19)24-22(26)18-11-9-17(5-2)10-12-18/h9-12,16,19-20H,4-8,13-15H2,1-3H3,(H,23,25)(H,24,26). The van der Waals surface area contributed by atoms with Crippen molar-refractivity contribution in [1.29, 1.82) is 0 Å². The first kappa shape index (κ1) is 20.5. The third-order valence-corrected chi connectivity index (χ3v) is 5.43. The molecule has 1 aliphatic carbocycles. The molecule has 0 radical (unpaired) electrons. The number of amides is 2. The topological polar surface area (TPSA) is 58.2 Å². The van der Waals surface area contributed by atoms with E-state index in [9.17, 15) is 9.59 Å². The molecule has 1 saturated carbocycles. The predicted molar refractivity (Wildman–Crippen MR) is 106 cm³/mol. The summed E-state index contributed by atoms with van der Waals surface area (Å²) in [7, 11) is 0. The highest BCUT2D eigenvalue weighted by Gasteiger charge is 2.28. The molecule has 1 aromatic carbocycles. The van der Waals surface area contributed by atoms with E-state index in [-0.39, 0.29) is 29.8 Å². The number of hydrogen-bond donors (Lipinski definition) is 2. The molecule has 1 aromatic rings. The summed E-state index contributed by atoms with van der Waals surface area (Å²) < 4.78 is 0. The Labute approximate surface area is 158 Å². The fraction of sp³-hybridized carbons (Fsp3) is 0.636. The summed E-state index contributed by atoms with van der Waals surface area (Å²) in [6.45, 7) is 6.29. The molecule has 0 aliphatic heterocycles. The van der Waals surface area contributed by atoms with Crippen LogP contribution >= 0.6 is 0 Å². The highest BCUT2D eigenvalue weighted by molar-refractivity contribution is 5.94. The second-order valence-electron chi connectivity index (χ2n) is 7.64. The van der Waals surface area contributed by atoms with Crippen LogP contribution in [-0.4, -0.2) is 23.9 Å². The van der Waals surface area contributed by atoms with Gasteiger partial charge in [0, 0.05) is 23.6 Å². The summed E-state index contributed by atoms with van der Waals surface area (Å²) in [5, 5.41) is 6.29. The number of unbranched alkanes of at least 4 members (excludes halogenated alkanes) is 2. The molecule has 2 amide bonds. The zero-order valence-electron chi connectivity index (χ0n) is 16.5. The lowest BCUT2D eigenvalue weighted by Crippen LogP contribution is -2.39. The van der Waals surface area contributed by atoms with Crippen molar-refractivity contribution in [3.63, 3.8) is 0 Å². The second-order valence-corrected chi connectivity index (χ2v) is 7.64. The average molecular weight is 359 g/mol. The Bertz CT molecular complexity index is 582. The Morgan fingerprint density at radius 3 is 2.31 bits per heavy atom. The normalized spacial score (nSPS) is 20.6. The maximum atomic E-state index is 12.4. The van der Waals surface area contributed by atoms with Crippen molar-refractivity contribution < 1.29 is 9.59 Å². The van der Waals surface area contributed by atoms with Crippen LogP contribution in [0.15, 0.2) is 24.3 Å². The molecular formula is C22H34N2O2. The van der Waals surface area contributed by atoms with Crippen LogP contribution in [0.5, 0.6) is 0 Å². The first-order chi connectivity index (χ1) is 12.5. The number of carbonyl (C=O) groups is 2. The van der Waals surface area contributed by atoms with Gasteiger partial charge in [-0.1, -0.05) is 52.2 Å². The van der Waals surface area contributed by atoms with Crippen molar-refractivity contribution in [2.45, 2.75) is 84.2 Å². The van der Waals surface area contributed by atoms with E-state index >= 15 is 0 Å². The maximum absolute atomic E-state index is 12.4. The SMILES string of the molecule is CCCCCC(C)C(=O)NC1CCC(NC(=O)c2ccc(CC)cc2)C1. The molecule has 0 spiro atoms. The zero-order valence-corrected chi connectivity index (χ0v) is 16.5. The van der Waals surface area contributed by atoms with Crippen LogP contribution in [0.3, 0.4) is 0 Å². The Hall–Kier alpha value is -1.84.